The van der Waals surface area contributed by atoms with Crippen molar-refractivity contribution in [2.24, 2.45) is 11.7 Å². The fourth-order valence-electron chi connectivity index (χ4n) is 1.83. The average Bonchev–Trinajstić information content (AvgIpc) is 2.91. The number of rotatable bonds is 7. The molecule has 0 fully saturated rings. The summed E-state index contributed by atoms with van der Waals surface area (Å²) in [7, 11) is 0. The van der Waals surface area contributed by atoms with E-state index >= 15 is 0 Å². The van der Waals surface area contributed by atoms with Crippen molar-refractivity contribution in [3.8, 4) is 5.75 Å². The fraction of sp³-hybridized carbons (Fsp3) is 0.333. The predicted octanol–water partition coefficient (Wildman–Crippen LogP) is 1.85. The Morgan fingerprint density at radius 1 is 1.30 bits per heavy atom. The Morgan fingerprint density at radius 2 is 2.04 bits per heavy atom. The highest BCUT2D eigenvalue weighted by Crippen LogP contribution is 2.22. The molecule has 1 heterocycles. The lowest BCUT2D eigenvalue weighted by atomic mass is 10.1. The van der Waals surface area contributed by atoms with Gasteiger partial charge in [0.25, 0.3) is 11.8 Å². The maximum absolute atomic E-state index is 12.3. The van der Waals surface area contributed by atoms with Gasteiger partial charge in [-0.05, 0) is 18.1 Å². The Balaban J connectivity index is 2.08. The van der Waals surface area contributed by atoms with E-state index in [9.17, 15) is 9.59 Å². The van der Waals surface area contributed by atoms with Crippen LogP contribution in [0.3, 0.4) is 0 Å². The van der Waals surface area contributed by atoms with Gasteiger partial charge in [0.05, 0.1) is 5.56 Å². The number of amides is 2. The largest absolute Gasteiger partial charge is 0.483 e. The highest BCUT2D eigenvalue weighted by atomic mass is 32.1. The van der Waals surface area contributed by atoms with E-state index < -0.39 is 5.91 Å². The van der Waals surface area contributed by atoms with Gasteiger partial charge in [0.15, 0.2) is 6.61 Å². The molecule has 0 atom stereocenters. The molecule has 0 aliphatic carbocycles. The number of ether oxygens (including phenoxy) is 1. The number of hydrogen-bond donors (Lipinski definition) is 2. The van der Waals surface area contributed by atoms with Crippen molar-refractivity contribution < 1.29 is 14.3 Å². The lowest BCUT2D eigenvalue weighted by Crippen LogP contribution is -2.21. The normalized spacial score (nSPS) is 10.6. The van der Waals surface area contributed by atoms with Crippen molar-refractivity contribution in [3.05, 3.63) is 34.8 Å². The number of anilines is 1. The molecule has 1 aromatic heterocycles. The standard InChI is InChI=1S/C15H18N4O3S/c1-9(2)7-13-18-19-15(23-13)17-14(21)10-5-3-4-6-11(10)22-8-12(16)20/h3-6,9H,7-8H2,1-2H3,(H2,16,20)(H,17,19,21). The number of benzene rings is 1. The van der Waals surface area contributed by atoms with Crippen LogP contribution >= 0.6 is 11.3 Å². The molecule has 0 spiro atoms. The van der Waals surface area contributed by atoms with E-state index in [0.29, 0.717) is 16.6 Å². The van der Waals surface area contributed by atoms with E-state index in [0.717, 1.165) is 11.4 Å². The molecule has 1 aromatic carbocycles. The number of carbonyl (C=O) groups excluding carboxylic acids is 2. The lowest BCUT2D eigenvalue weighted by molar-refractivity contribution is -0.119. The van der Waals surface area contributed by atoms with Gasteiger partial charge in [-0.3, -0.25) is 14.9 Å². The molecule has 122 valence electrons. The first-order valence-electron chi connectivity index (χ1n) is 7.09. The third-order valence-electron chi connectivity index (χ3n) is 2.77. The van der Waals surface area contributed by atoms with E-state index in [1.807, 2.05) is 0 Å². The van der Waals surface area contributed by atoms with E-state index in [-0.39, 0.29) is 18.3 Å². The molecular weight excluding hydrogens is 316 g/mol. The third-order valence-corrected chi connectivity index (χ3v) is 3.63. The van der Waals surface area contributed by atoms with Gasteiger partial charge in [-0.2, -0.15) is 0 Å². The SMILES string of the molecule is CC(C)Cc1nnc(NC(=O)c2ccccc2OCC(N)=O)s1. The molecule has 0 aliphatic rings. The second kappa shape index (κ2) is 7.68. The first-order valence-corrected chi connectivity index (χ1v) is 7.91. The Hall–Kier alpha value is -2.48. The number of aromatic nitrogens is 2. The smallest absolute Gasteiger partial charge is 0.261 e. The summed E-state index contributed by atoms with van der Waals surface area (Å²) in [5.74, 6) is -0.231. The van der Waals surface area contributed by atoms with Crippen LogP contribution in [0.25, 0.3) is 0 Å². The Bertz CT molecular complexity index is 700. The van der Waals surface area contributed by atoms with E-state index in [1.165, 1.54) is 11.3 Å². The molecule has 3 N–H and O–H groups in total. The fourth-order valence-corrected chi connectivity index (χ4v) is 2.78. The Morgan fingerprint density at radius 3 is 2.74 bits per heavy atom. The minimum atomic E-state index is -0.609. The number of hydrogen-bond acceptors (Lipinski definition) is 6. The van der Waals surface area contributed by atoms with Gasteiger partial charge >= 0.3 is 0 Å². The molecule has 2 amide bonds. The number of nitrogens with one attached hydrogen (secondary N) is 1. The average molecular weight is 334 g/mol. The molecular formula is C15H18N4O3S. The molecule has 23 heavy (non-hydrogen) atoms. The molecule has 2 aromatic rings. The summed E-state index contributed by atoms with van der Waals surface area (Å²) in [5.41, 5.74) is 5.35. The number of nitrogens with two attached hydrogens (primary N) is 1. The summed E-state index contributed by atoms with van der Waals surface area (Å²) in [6.07, 6.45) is 0.811. The minimum absolute atomic E-state index is 0.288. The summed E-state index contributed by atoms with van der Waals surface area (Å²) >= 11 is 1.34. The molecule has 8 heteroatoms. The quantitative estimate of drug-likeness (QED) is 0.803. The lowest BCUT2D eigenvalue weighted by Gasteiger charge is -2.09. The summed E-state index contributed by atoms with van der Waals surface area (Å²) < 4.78 is 5.25. The summed E-state index contributed by atoms with van der Waals surface area (Å²) in [4.78, 5) is 23.2. The zero-order valence-corrected chi connectivity index (χ0v) is 13.7. The molecule has 7 nitrogen and oxygen atoms in total. The van der Waals surface area contributed by atoms with Crippen molar-refractivity contribution in [1.82, 2.24) is 10.2 Å². The first-order chi connectivity index (χ1) is 11.0. The van der Waals surface area contributed by atoms with Crippen LogP contribution in [-0.2, 0) is 11.2 Å². The number of para-hydroxylation sites is 1. The second-order valence-electron chi connectivity index (χ2n) is 5.30. The third kappa shape index (κ3) is 5.03. The van der Waals surface area contributed by atoms with Crippen LogP contribution in [0.4, 0.5) is 5.13 Å². The van der Waals surface area contributed by atoms with E-state index in [1.54, 1.807) is 24.3 Å². The predicted molar refractivity (Wildman–Crippen MR) is 87.5 cm³/mol. The number of primary amides is 1. The van der Waals surface area contributed by atoms with Gasteiger partial charge in [0, 0.05) is 6.42 Å². The van der Waals surface area contributed by atoms with E-state index in [2.05, 4.69) is 29.4 Å². The zero-order valence-electron chi connectivity index (χ0n) is 12.9. The van der Waals surface area contributed by atoms with Crippen molar-refractivity contribution >= 4 is 28.3 Å². The molecule has 0 saturated carbocycles. The molecule has 0 bridgehead atoms. The molecule has 2 rings (SSSR count). The Labute approximate surface area is 137 Å². The summed E-state index contributed by atoms with van der Waals surface area (Å²) in [6, 6.07) is 6.61. The zero-order chi connectivity index (χ0) is 16.8. The van der Waals surface area contributed by atoms with Gasteiger partial charge in [-0.15, -0.1) is 10.2 Å². The highest BCUT2D eigenvalue weighted by Gasteiger charge is 2.15. The van der Waals surface area contributed by atoms with Crippen LogP contribution in [0.15, 0.2) is 24.3 Å². The van der Waals surface area contributed by atoms with Crippen molar-refractivity contribution in [2.45, 2.75) is 20.3 Å². The van der Waals surface area contributed by atoms with E-state index in [4.69, 9.17) is 10.5 Å². The van der Waals surface area contributed by atoms with Gasteiger partial charge in [-0.25, -0.2) is 0 Å². The maximum atomic E-state index is 12.3. The van der Waals surface area contributed by atoms with Gasteiger partial charge in [0.1, 0.15) is 10.8 Å². The highest BCUT2D eigenvalue weighted by molar-refractivity contribution is 7.15. The maximum Gasteiger partial charge on any atom is 0.261 e. The van der Waals surface area contributed by atoms with Crippen LogP contribution in [0.2, 0.25) is 0 Å². The monoisotopic (exact) mass is 334 g/mol. The second-order valence-corrected chi connectivity index (χ2v) is 6.37. The van der Waals surface area contributed by atoms with Crippen molar-refractivity contribution in [3.63, 3.8) is 0 Å². The van der Waals surface area contributed by atoms with Crippen molar-refractivity contribution in [1.29, 1.82) is 0 Å². The van der Waals surface area contributed by atoms with Crippen LogP contribution < -0.4 is 15.8 Å². The topological polar surface area (TPSA) is 107 Å². The van der Waals surface area contributed by atoms with Crippen LogP contribution in [0.1, 0.15) is 29.2 Å². The van der Waals surface area contributed by atoms with Crippen molar-refractivity contribution in [2.75, 3.05) is 11.9 Å². The molecule has 0 saturated heterocycles. The summed E-state index contributed by atoms with van der Waals surface area (Å²) in [6.45, 7) is 3.89. The molecule has 0 radical (unpaired) electrons. The van der Waals surface area contributed by atoms with Crippen LogP contribution in [0, 0.1) is 5.92 Å². The van der Waals surface area contributed by atoms with Gasteiger partial charge < -0.3 is 10.5 Å². The van der Waals surface area contributed by atoms with Gasteiger partial charge in [-0.1, -0.05) is 37.3 Å². The minimum Gasteiger partial charge on any atom is -0.483 e. The first kappa shape index (κ1) is 16.9. The molecule has 0 aliphatic heterocycles. The summed E-state index contributed by atoms with van der Waals surface area (Å²) in [5, 5.41) is 12.0. The van der Waals surface area contributed by atoms with Crippen LogP contribution in [-0.4, -0.2) is 28.6 Å². The number of carbonyl (C=O) groups is 2. The van der Waals surface area contributed by atoms with Crippen LogP contribution in [0.5, 0.6) is 5.75 Å². The van der Waals surface area contributed by atoms with Gasteiger partial charge in [0.2, 0.25) is 5.13 Å². The molecule has 0 unspecified atom stereocenters. The Kier molecular flexibility index (Phi) is 5.64. The number of nitrogens with zero attached hydrogens (tertiary/aromatic N) is 2.